The minimum atomic E-state index is -4.73. The lowest BCUT2D eigenvalue weighted by atomic mass is 9.79. The number of rotatable bonds is 1. The first kappa shape index (κ1) is 15.0. The van der Waals surface area contributed by atoms with E-state index >= 15 is 0 Å². The van der Waals surface area contributed by atoms with Crippen molar-refractivity contribution >= 4 is 5.90 Å². The highest BCUT2D eigenvalue weighted by molar-refractivity contribution is 5.84. The Morgan fingerprint density at radius 1 is 1.26 bits per heavy atom. The molecule has 0 saturated carbocycles. The van der Waals surface area contributed by atoms with Crippen molar-refractivity contribution in [1.82, 2.24) is 10.2 Å². The molecule has 0 fully saturated rings. The van der Waals surface area contributed by atoms with Gasteiger partial charge in [-0.3, -0.25) is 10.5 Å². The van der Waals surface area contributed by atoms with E-state index in [-0.39, 0.29) is 11.1 Å². The lowest BCUT2D eigenvalue weighted by Crippen LogP contribution is -2.31. The Balaban J connectivity index is 2.23. The molecule has 1 aliphatic rings. The molecule has 1 aliphatic heterocycles. The number of hydrogen-bond donors (Lipinski definition) is 2. The van der Waals surface area contributed by atoms with Gasteiger partial charge in [0.25, 0.3) is 0 Å². The van der Waals surface area contributed by atoms with Gasteiger partial charge in [0.15, 0.2) is 0 Å². The van der Waals surface area contributed by atoms with Gasteiger partial charge in [-0.2, -0.15) is 18.4 Å². The Labute approximate surface area is 127 Å². The number of nitrogens with one attached hydrogen (secondary N) is 2. The Morgan fingerprint density at radius 3 is 2.48 bits per heavy atom. The van der Waals surface area contributed by atoms with Crippen molar-refractivity contribution < 1.29 is 22.3 Å². The van der Waals surface area contributed by atoms with Gasteiger partial charge in [0, 0.05) is 5.92 Å². The van der Waals surface area contributed by atoms with Gasteiger partial charge in [-0.15, -0.1) is 5.10 Å². The zero-order chi connectivity index (χ0) is 16.8. The van der Waals surface area contributed by atoms with Gasteiger partial charge in [0.2, 0.25) is 11.8 Å². The number of alkyl halides is 3. The van der Waals surface area contributed by atoms with E-state index in [4.69, 9.17) is 10.1 Å². The molecule has 2 atom stereocenters. The van der Waals surface area contributed by atoms with E-state index in [1.54, 1.807) is 6.07 Å². The minimum Gasteiger partial charge on any atom is -0.422 e. The maximum atomic E-state index is 13.2. The predicted molar refractivity (Wildman–Crippen MR) is 69.3 cm³/mol. The molecule has 2 unspecified atom stereocenters. The maximum Gasteiger partial charge on any atom is 0.433 e. The van der Waals surface area contributed by atoms with E-state index in [2.05, 4.69) is 5.10 Å². The molecule has 23 heavy (non-hydrogen) atoms. The van der Waals surface area contributed by atoms with Crippen molar-refractivity contribution in [2.75, 3.05) is 0 Å². The fraction of sp³-hybridized carbons (Fsp3) is 0.214. The highest BCUT2D eigenvalue weighted by Gasteiger charge is 2.47. The van der Waals surface area contributed by atoms with Crippen molar-refractivity contribution in [3.05, 3.63) is 46.9 Å². The van der Waals surface area contributed by atoms with Crippen LogP contribution in [0.15, 0.2) is 24.3 Å². The molecule has 118 valence electrons. The molecule has 0 radical (unpaired) electrons. The van der Waals surface area contributed by atoms with Gasteiger partial charge in [0.1, 0.15) is 17.4 Å². The molecule has 2 aromatic rings. The number of ether oxygens (including phenoxy) is 1. The lowest BCUT2D eigenvalue weighted by Gasteiger charge is -2.28. The van der Waals surface area contributed by atoms with Crippen LogP contribution in [-0.2, 0) is 6.18 Å². The minimum absolute atomic E-state index is 0.263. The molecule has 2 heterocycles. The first-order valence-electron chi connectivity index (χ1n) is 6.39. The van der Waals surface area contributed by atoms with Gasteiger partial charge in [-0.1, -0.05) is 12.1 Å². The number of nitrogens with zero attached hydrogens (tertiary/aromatic N) is 2. The molecule has 0 aliphatic carbocycles. The van der Waals surface area contributed by atoms with Gasteiger partial charge in [-0.05, 0) is 17.7 Å². The van der Waals surface area contributed by atoms with E-state index in [1.165, 1.54) is 12.1 Å². The number of halogens is 4. The third-order valence-corrected chi connectivity index (χ3v) is 3.55. The predicted octanol–water partition coefficient (Wildman–Crippen LogP) is 3.21. The summed E-state index contributed by atoms with van der Waals surface area (Å²) in [6.07, 6.45) is -4.73. The third kappa shape index (κ3) is 2.42. The molecular weight excluding hydrogens is 316 g/mol. The zero-order valence-corrected chi connectivity index (χ0v) is 11.3. The number of hydrogen-bond acceptors (Lipinski definition) is 4. The summed E-state index contributed by atoms with van der Waals surface area (Å²) in [5.74, 6) is -3.87. The lowest BCUT2D eigenvalue weighted by molar-refractivity contribution is -0.142. The quantitative estimate of drug-likeness (QED) is 0.790. The van der Waals surface area contributed by atoms with Crippen LogP contribution in [0.1, 0.15) is 22.7 Å². The second-order valence-corrected chi connectivity index (χ2v) is 4.92. The van der Waals surface area contributed by atoms with Crippen LogP contribution in [0.5, 0.6) is 5.88 Å². The summed E-state index contributed by atoms with van der Waals surface area (Å²) in [4.78, 5) is 0. The first-order chi connectivity index (χ1) is 10.8. The summed E-state index contributed by atoms with van der Waals surface area (Å²) < 4.78 is 57.5. The van der Waals surface area contributed by atoms with E-state index in [1.807, 2.05) is 5.10 Å². The normalized spacial score (nSPS) is 20.6. The first-order valence-corrected chi connectivity index (χ1v) is 6.39. The third-order valence-electron chi connectivity index (χ3n) is 3.55. The van der Waals surface area contributed by atoms with E-state index < -0.39 is 41.3 Å². The molecule has 0 amide bonds. The molecule has 1 aromatic heterocycles. The molecule has 5 nitrogen and oxygen atoms in total. The number of benzene rings is 1. The fourth-order valence-corrected chi connectivity index (χ4v) is 2.56. The van der Waals surface area contributed by atoms with Gasteiger partial charge < -0.3 is 4.74 Å². The molecular formula is C14H8F4N4O. The largest absolute Gasteiger partial charge is 0.433 e. The van der Waals surface area contributed by atoms with Crippen LogP contribution in [0.2, 0.25) is 0 Å². The zero-order valence-electron chi connectivity index (χ0n) is 11.3. The average Bonchev–Trinajstić information content (AvgIpc) is 2.90. The summed E-state index contributed by atoms with van der Waals surface area (Å²) in [5.41, 5.74) is -1.24. The van der Waals surface area contributed by atoms with Gasteiger partial charge >= 0.3 is 6.18 Å². The molecule has 2 N–H and O–H groups in total. The summed E-state index contributed by atoms with van der Waals surface area (Å²) >= 11 is 0. The summed E-state index contributed by atoms with van der Waals surface area (Å²) in [5, 5.41) is 22.3. The van der Waals surface area contributed by atoms with Crippen molar-refractivity contribution in [2.24, 2.45) is 5.92 Å². The van der Waals surface area contributed by atoms with E-state index in [9.17, 15) is 22.8 Å². The van der Waals surface area contributed by atoms with Crippen molar-refractivity contribution in [3.8, 4) is 11.9 Å². The molecule has 0 spiro atoms. The Kier molecular flexibility index (Phi) is 3.32. The Morgan fingerprint density at radius 2 is 1.91 bits per heavy atom. The Bertz CT molecular complexity index is 804. The molecule has 3 rings (SSSR count). The topological polar surface area (TPSA) is 85.6 Å². The van der Waals surface area contributed by atoms with Crippen molar-refractivity contribution in [1.29, 1.82) is 10.7 Å². The summed E-state index contributed by atoms with van der Waals surface area (Å²) in [7, 11) is 0. The summed E-state index contributed by atoms with van der Waals surface area (Å²) in [6, 6.07) is 6.49. The molecule has 0 bridgehead atoms. The van der Waals surface area contributed by atoms with Crippen LogP contribution in [0.3, 0.4) is 0 Å². The van der Waals surface area contributed by atoms with Crippen LogP contribution in [0, 0.1) is 28.5 Å². The highest BCUT2D eigenvalue weighted by atomic mass is 19.4. The number of fused-ring (bicyclic) bond motifs is 1. The van der Waals surface area contributed by atoms with Gasteiger partial charge in [0.05, 0.1) is 11.6 Å². The van der Waals surface area contributed by atoms with Crippen LogP contribution in [0.4, 0.5) is 17.6 Å². The smallest absolute Gasteiger partial charge is 0.422 e. The van der Waals surface area contributed by atoms with Gasteiger partial charge in [-0.25, -0.2) is 4.39 Å². The number of aromatic amines is 1. The van der Waals surface area contributed by atoms with Crippen LogP contribution < -0.4 is 4.74 Å². The van der Waals surface area contributed by atoms with E-state index in [0.717, 1.165) is 12.1 Å². The van der Waals surface area contributed by atoms with Crippen LogP contribution in [0.25, 0.3) is 0 Å². The SMILES string of the molecule is N#CC1C(=N)Oc2n[nH]c(C(F)(F)F)c2C1c1ccc(F)cc1. The van der Waals surface area contributed by atoms with Crippen LogP contribution in [-0.4, -0.2) is 16.1 Å². The average molecular weight is 324 g/mol. The number of H-pyrrole nitrogens is 1. The van der Waals surface area contributed by atoms with Crippen molar-refractivity contribution in [3.63, 3.8) is 0 Å². The molecule has 1 aromatic carbocycles. The maximum absolute atomic E-state index is 13.2. The standard InChI is InChI=1S/C14H8F4N4O/c15-7-3-1-6(2-4-7)9-8(5-19)12(20)23-13-10(9)11(21-22-13)14(16,17)18/h1-4,8-9,20H,(H,21,22). The molecule has 9 heteroatoms. The number of aromatic nitrogens is 2. The summed E-state index contributed by atoms with van der Waals surface area (Å²) in [6.45, 7) is 0. The Hall–Kier alpha value is -2.89. The van der Waals surface area contributed by atoms with Crippen LogP contribution >= 0.6 is 0 Å². The van der Waals surface area contributed by atoms with E-state index in [0.29, 0.717) is 0 Å². The number of nitriles is 1. The second-order valence-electron chi connectivity index (χ2n) is 4.92. The fourth-order valence-electron chi connectivity index (χ4n) is 2.56. The highest BCUT2D eigenvalue weighted by Crippen LogP contribution is 2.46. The van der Waals surface area contributed by atoms with Crippen molar-refractivity contribution in [2.45, 2.75) is 12.1 Å². The molecule has 0 saturated heterocycles. The monoisotopic (exact) mass is 324 g/mol. The second kappa shape index (κ2) is 5.08.